The van der Waals surface area contributed by atoms with E-state index in [1.807, 2.05) is 24.3 Å². The number of aromatic hydroxyl groups is 1. The number of rotatable bonds is 4. The molecule has 0 saturated carbocycles. The van der Waals surface area contributed by atoms with E-state index in [0.29, 0.717) is 17.3 Å². The van der Waals surface area contributed by atoms with Crippen LogP contribution in [0.25, 0.3) is 22.4 Å². The first-order chi connectivity index (χ1) is 14.8. The zero-order valence-corrected chi connectivity index (χ0v) is 18.4. The minimum Gasteiger partial charge on any atom is -0.507 e. The fraction of sp³-hybridized carbons (Fsp3) is 0.458. The lowest BCUT2D eigenvalue weighted by atomic mass is 9.69. The van der Waals surface area contributed by atoms with E-state index in [9.17, 15) is 5.11 Å². The number of hydrogen-bond donors (Lipinski definition) is 3. The second-order valence-corrected chi connectivity index (χ2v) is 9.77. The van der Waals surface area contributed by atoms with E-state index in [1.54, 1.807) is 18.5 Å². The van der Waals surface area contributed by atoms with Gasteiger partial charge >= 0.3 is 0 Å². The fourth-order valence-electron chi connectivity index (χ4n) is 5.60. The highest BCUT2D eigenvalue weighted by atomic mass is 16.3. The van der Waals surface area contributed by atoms with Gasteiger partial charge in [-0.3, -0.25) is 5.10 Å². The summed E-state index contributed by atoms with van der Waals surface area (Å²) in [6, 6.07) is 9.94. The molecule has 31 heavy (non-hydrogen) atoms. The van der Waals surface area contributed by atoms with Gasteiger partial charge in [0, 0.05) is 41.5 Å². The molecule has 0 unspecified atom stereocenters. The largest absolute Gasteiger partial charge is 0.507 e. The smallest absolute Gasteiger partial charge is 0.151 e. The third kappa shape index (κ3) is 3.78. The monoisotopic (exact) mass is 418 g/mol. The predicted molar refractivity (Wildman–Crippen MR) is 122 cm³/mol. The fourth-order valence-corrected chi connectivity index (χ4v) is 5.60. The molecule has 2 bridgehead atoms. The van der Waals surface area contributed by atoms with E-state index in [0.717, 1.165) is 29.8 Å². The lowest BCUT2D eigenvalue weighted by molar-refractivity contribution is 0.0784. The van der Waals surface area contributed by atoms with Gasteiger partial charge in [-0.1, -0.05) is 6.07 Å². The maximum atomic E-state index is 10.6. The Kier molecular flexibility index (Phi) is 4.73. The maximum Gasteiger partial charge on any atom is 0.151 e. The molecular formula is C24H30N6O. The van der Waals surface area contributed by atoms with Gasteiger partial charge in [0.25, 0.3) is 0 Å². The number of anilines is 1. The number of benzene rings is 1. The van der Waals surface area contributed by atoms with Crippen LogP contribution >= 0.6 is 0 Å². The van der Waals surface area contributed by atoms with Gasteiger partial charge in [-0.05, 0) is 75.8 Å². The normalized spacial score (nSPS) is 27.8. The van der Waals surface area contributed by atoms with Crippen LogP contribution in [0.5, 0.6) is 5.75 Å². The number of aromatic nitrogens is 4. The van der Waals surface area contributed by atoms with Crippen molar-refractivity contribution in [3.8, 4) is 28.1 Å². The van der Waals surface area contributed by atoms with Crippen LogP contribution in [-0.2, 0) is 0 Å². The molecule has 5 rings (SSSR count). The van der Waals surface area contributed by atoms with Crippen molar-refractivity contribution in [1.82, 2.24) is 25.7 Å². The number of nitrogens with one attached hydrogen (secondary N) is 2. The van der Waals surface area contributed by atoms with Crippen molar-refractivity contribution in [3.63, 3.8) is 0 Å². The molecule has 1 aromatic carbocycles. The molecule has 0 radical (unpaired) electrons. The van der Waals surface area contributed by atoms with Gasteiger partial charge in [-0.2, -0.15) is 5.10 Å². The summed E-state index contributed by atoms with van der Waals surface area (Å²) in [6.07, 6.45) is 9.51. The molecule has 2 aliphatic rings. The topological polar surface area (TPSA) is 90.0 Å². The number of phenols is 1. The first-order valence-corrected chi connectivity index (χ1v) is 11.0. The first-order valence-electron chi connectivity index (χ1n) is 11.0. The summed E-state index contributed by atoms with van der Waals surface area (Å²) in [7, 11) is 2.12. The number of phenolic OH excluding ortho intramolecular Hbond substituents is 1. The molecule has 3 N–H and O–H groups in total. The molecule has 3 aromatic rings. The van der Waals surface area contributed by atoms with Crippen molar-refractivity contribution < 1.29 is 5.11 Å². The molecule has 7 heteroatoms. The molecule has 2 aliphatic heterocycles. The summed E-state index contributed by atoms with van der Waals surface area (Å²) in [5.74, 6) is 1.05. The second kappa shape index (κ2) is 7.34. The molecule has 7 nitrogen and oxygen atoms in total. The predicted octanol–water partition coefficient (Wildman–Crippen LogP) is 4.13. The van der Waals surface area contributed by atoms with Gasteiger partial charge < -0.3 is 15.3 Å². The van der Waals surface area contributed by atoms with Gasteiger partial charge in [-0.25, -0.2) is 0 Å². The highest BCUT2D eigenvalue weighted by Gasteiger charge is 2.46. The van der Waals surface area contributed by atoms with Crippen molar-refractivity contribution in [1.29, 1.82) is 0 Å². The molecule has 2 aromatic heterocycles. The van der Waals surface area contributed by atoms with Gasteiger partial charge in [0.05, 0.1) is 11.9 Å². The molecule has 2 saturated heterocycles. The number of aromatic amines is 1. The van der Waals surface area contributed by atoms with E-state index in [1.165, 1.54) is 19.3 Å². The lowest BCUT2D eigenvalue weighted by Gasteiger charge is -2.55. The van der Waals surface area contributed by atoms with E-state index in [2.05, 4.69) is 51.5 Å². The molecule has 2 fully saturated rings. The first kappa shape index (κ1) is 20.0. The third-order valence-electron chi connectivity index (χ3n) is 7.10. The zero-order chi connectivity index (χ0) is 21.6. The minimum absolute atomic E-state index is 0.182. The summed E-state index contributed by atoms with van der Waals surface area (Å²) in [5.41, 5.74) is 3.55. The maximum absolute atomic E-state index is 10.6. The summed E-state index contributed by atoms with van der Waals surface area (Å²) in [5, 5.41) is 30.2. The Bertz CT molecular complexity index is 1050. The van der Waals surface area contributed by atoms with Gasteiger partial charge in [-0.15, -0.1) is 10.2 Å². The van der Waals surface area contributed by atoms with Crippen LogP contribution in [0, 0.1) is 0 Å². The van der Waals surface area contributed by atoms with Crippen molar-refractivity contribution >= 4 is 5.82 Å². The van der Waals surface area contributed by atoms with Crippen LogP contribution in [0.3, 0.4) is 0 Å². The number of nitrogens with zero attached hydrogens (tertiary/aromatic N) is 4. The minimum atomic E-state index is 0.182. The van der Waals surface area contributed by atoms with Crippen molar-refractivity contribution in [3.05, 3.63) is 42.7 Å². The number of piperidine rings is 2. The molecule has 0 amide bonds. The third-order valence-corrected chi connectivity index (χ3v) is 7.10. The van der Waals surface area contributed by atoms with Crippen LogP contribution in [0.4, 0.5) is 5.82 Å². The highest BCUT2D eigenvalue weighted by Crippen LogP contribution is 2.42. The van der Waals surface area contributed by atoms with Gasteiger partial charge in [0.2, 0.25) is 0 Å². The number of fused-ring (bicyclic) bond motifs is 2. The lowest BCUT2D eigenvalue weighted by Crippen LogP contribution is -2.66. The number of hydrogen-bond acceptors (Lipinski definition) is 6. The van der Waals surface area contributed by atoms with Crippen LogP contribution in [0.2, 0.25) is 0 Å². The van der Waals surface area contributed by atoms with Crippen molar-refractivity contribution in [2.24, 2.45) is 0 Å². The summed E-state index contributed by atoms with van der Waals surface area (Å²) >= 11 is 0. The van der Waals surface area contributed by atoms with Crippen molar-refractivity contribution in [2.45, 2.75) is 63.1 Å². The SMILES string of the molecule is CN(c1ccc(-c2ccc(-c3cn[nH]c3)cc2O)nn1)[C@@H]1C[C@]2(C)CCC[C@](C)(C1)N2. The number of H-pyrrole nitrogens is 1. The van der Waals surface area contributed by atoms with Crippen molar-refractivity contribution in [2.75, 3.05) is 11.9 Å². The van der Waals surface area contributed by atoms with Crippen LogP contribution < -0.4 is 10.2 Å². The second-order valence-electron chi connectivity index (χ2n) is 9.77. The summed E-state index contributed by atoms with van der Waals surface area (Å²) in [4.78, 5) is 2.28. The standard InChI is InChI=1S/C24H30N6O/c1-23-9-4-10-24(2,29-23)13-18(12-23)30(3)22-8-7-20(27-28-22)19-6-5-16(11-21(19)31)17-14-25-26-15-17/h5-8,11,14-15,18,29,31H,4,9-10,12-13H2,1-3H3,(H,25,26)/t18-,23+,24-. The molecular weight excluding hydrogens is 388 g/mol. The Balaban J connectivity index is 1.35. The van der Waals surface area contributed by atoms with E-state index >= 15 is 0 Å². The Morgan fingerprint density at radius 1 is 1.03 bits per heavy atom. The van der Waals surface area contributed by atoms with E-state index in [-0.39, 0.29) is 16.8 Å². The summed E-state index contributed by atoms with van der Waals surface area (Å²) < 4.78 is 0. The Labute approximate surface area is 182 Å². The highest BCUT2D eigenvalue weighted by molar-refractivity contribution is 5.73. The Morgan fingerprint density at radius 3 is 2.42 bits per heavy atom. The quantitative estimate of drug-likeness (QED) is 0.590. The van der Waals surface area contributed by atoms with Crippen LogP contribution in [0.15, 0.2) is 42.7 Å². The summed E-state index contributed by atoms with van der Waals surface area (Å²) in [6.45, 7) is 4.71. The molecule has 0 spiro atoms. The van der Waals surface area contributed by atoms with Crippen LogP contribution in [0.1, 0.15) is 46.0 Å². The van der Waals surface area contributed by atoms with Crippen LogP contribution in [-0.4, -0.2) is 49.7 Å². The molecule has 3 atom stereocenters. The zero-order valence-electron chi connectivity index (χ0n) is 18.4. The van der Waals surface area contributed by atoms with E-state index < -0.39 is 0 Å². The van der Waals surface area contributed by atoms with E-state index in [4.69, 9.17) is 0 Å². The van der Waals surface area contributed by atoms with Gasteiger partial charge in [0.1, 0.15) is 5.75 Å². The molecule has 162 valence electrons. The average Bonchev–Trinajstić information content (AvgIpc) is 3.27. The molecule has 0 aliphatic carbocycles. The Hall–Kier alpha value is -2.93. The Morgan fingerprint density at radius 2 is 1.81 bits per heavy atom. The average molecular weight is 419 g/mol. The van der Waals surface area contributed by atoms with Gasteiger partial charge in [0.15, 0.2) is 5.82 Å². The molecule has 4 heterocycles.